The maximum absolute atomic E-state index is 12.8. The lowest BCUT2D eigenvalue weighted by Gasteiger charge is -2.17. The summed E-state index contributed by atoms with van der Waals surface area (Å²) in [6.45, 7) is 1.96. The van der Waals surface area contributed by atoms with Gasteiger partial charge in [0.25, 0.3) is 5.91 Å². The summed E-state index contributed by atoms with van der Waals surface area (Å²) in [6.07, 6.45) is 1.82. The number of benzene rings is 1. The molecule has 0 atom stereocenters. The molecule has 0 aliphatic carbocycles. The third-order valence-electron chi connectivity index (χ3n) is 3.97. The van der Waals surface area contributed by atoms with Crippen molar-refractivity contribution >= 4 is 11.9 Å². The summed E-state index contributed by atoms with van der Waals surface area (Å²) in [4.78, 5) is 42.1. The summed E-state index contributed by atoms with van der Waals surface area (Å²) < 4.78 is 5.97. The second kappa shape index (κ2) is 9.43. The van der Waals surface area contributed by atoms with Gasteiger partial charge in [0, 0.05) is 0 Å². The number of nitrogens with zero attached hydrogens (tertiary/aromatic N) is 3. The van der Waals surface area contributed by atoms with E-state index in [4.69, 9.17) is 0 Å². The van der Waals surface area contributed by atoms with Crippen molar-refractivity contribution < 1.29 is 19.2 Å². The minimum atomic E-state index is -0.969. The number of methoxy groups -OCH3 is 1. The second-order valence-electron chi connectivity index (χ2n) is 5.80. The van der Waals surface area contributed by atoms with E-state index in [1.807, 2.05) is 13.0 Å². The van der Waals surface area contributed by atoms with Gasteiger partial charge in [0.2, 0.25) is 11.1 Å². The molecule has 1 aromatic heterocycles. The Morgan fingerprint density at radius 3 is 2.68 bits per heavy atom. The quantitative estimate of drug-likeness (QED) is 0.567. The van der Waals surface area contributed by atoms with Crippen molar-refractivity contribution in [2.75, 3.05) is 14.2 Å². The maximum Gasteiger partial charge on any atom is 0.362 e. The summed E-state index contributed by atoms with van der Waals surface area (Å²) in [6, 6.07) is 8.48. The first-order chi connectivity index (χ1) is 13.5. The number of unbranched alkanes of at least 4 members (excludes halogenated alkanes) is 1. The molecule has 1 N–H and O–H groups in total. The summed E-state index contributed by atoms with van der Waals surface area (Å²) in [5, 5.41) is 13.3. The fourth-order valence-corrected chi connectivity index (χ4v) is 2.67. The van der Waals surface area contributed by atoms with Crippen molar-refractivity contribution in [2.24, 2.45) is 0 Å². The molecule has 0 spiro atoms. The van der Waals surface area contributed by atoms with E-state index in [2.05, 4.69) is 20.2 Å². The van der Waals surface area contributed by atoms with Crippen LogP contribution in [0.25, 0.3) is 5.69 Å². The van der Waals surface area contributed by atoms with E-state index < -0.39 is 23.0 Å². The zero-order valence-corrected chi connectivity index (χ0v) is 15.8. The van der Waals surface area contributed by atoms with Crippen LogP contribution in [-0.2, 0) is 16.0 Å². The fourth-order valence-electron chi connectivity index (χ4n) is 2.67. The molecule has 0 saturated carbocycles. The van der Waals surface area contributed by atoms with Crippen molar-refractivity contribution in [3.05, 3.63) is 57.0 Å². The van der Waals surface area contributed by atoms with Crippen LogP contribution >= 0.6 is 0 Å². The number of nitrogens with one attached hydrogen (secondary N) is 1. The highest BCUT2D eigenvalue weighted by Crippen LogP contribution is 2.17. The molecular weight excluding hydrogens is 364 g/mol. The Kier molecular flexibility index (Phi) is 7.01. The number of ether oxygens (including phenoxy) is 1. The molecule has 0 radical (unpaired) electrons. The van der Waals surface area contributed by atoms with E-state index in [0.717, 1.165) is 13.5 Å². The van der Waals surface area contributed by atoms with E-state index >= 15 is 0 Å². The monoisotopic (exact) mass is 384 g/mol. The molecule has 9 nitrogen and oxygen atoms in total. The molecule has 2 aromatic rings. The van der Waals surface area contributed by atoms with Gasteiger partial charge in [-0.05, 0) is 31.0 Å². The molecule has 1 amide bonds. The predicted molar refractivity (Wildman–Crippen MR) is 99.0 cm³/mol. The van der Waals surface area contributed by atoms with Gasteiger partial charge in [-0.1, -0.05) is 19.4 Å². The minimum Gasteiger partial charge on any atom is -0.464 e. The molecule has 1 heterocycles. The van der Waals surface area contributed by atoms with E-state index in [9.17, 15) is 19.6 Å². The first kappa shape index (κ1) is 20.8. The van der Waals surface area contributed by atoms with Crippen LogP contribution < -0.4 is 10.9 Å². The lowest BCUT2D eigenvalue weighted by Crippen LogP contribution is -2.36. The zero-order valence-electron chi connectivity index (χ0n) is 15.8. The largest absolute Gasteiger partial charge is 0.464 e. The molecule has 0 saturated heterocycles. The number of hydroxylamine groups is 1. The van der Waals surface area contributed by atoms with Gasteiger partial charge in [-0.25, -0.2) is 15.0 Å². The number of rotatable bonds is 7. The fraction of sp³-hybridized carbons (Fsp3) is 0.316. The van der Waals surface area contributed by atoms with Gasteiger partial charge in [-0.15, -0.1) is 0 Å². The topological polar surface area (TPSA) is 123 Å². The third kappa shape index (κ3) is 4.24. The van der Waals surface area contributed by atoms with Gasteiger partial charge >= 0.3 is 5.97 Å². The van der Waals surface area contributed by atoms with Gasteiger partial charge in [-0.2, -0.15) is 10.4 Å². The smallest absolute Gasteiger partial charge is 0.362 e. The van der Waals surface area contributed by atoms with Gasteiger partial charge < -0.3 is 4.74 Å². The first-order valence-corrected chi connectivity index (χ1v) is 8.56. The lowest BCUT2D eigenvalue weighted by atomic mass is 10.1. The van der Waals surface area contributed by atoms with Crippen LogP contribution in [0.5, 0.6) is 0 Å². The van der Waals surface area contributed by atoms with Crippen LogP contribution in [-0.4, -0.2) is 35.9 Å². The number of carbonyl (C=O) groups is 2. The van der Waals surface area contributed by atoms with Crippen LogP contribution in [0, 0.1) is 11.3 Å². The molecule has 1 aromatic carbocycles. The summed E-state index contributed by atoms with van der Waals surface area (Å²) >= 11 is 0. The molecule has 0 fully saturated rings. The third-order valence-corrected chi connectivity index (χ3v) is 3.97. The SMILES string of the molecule is CCCCc1c(C(=O)NOC)c(=O)c(C(=O)OC)nn1-c1cccc(C#N)c1. The second-order valence-corrected chi connectivity index (χ2v) is 5.80. The van der Waals surface area contributed by atoms with E-state index in [0.29, 0.717) is 29.8 Å². The Morgan fingerprint density at radius 1 is 1.32 bits per heavy atom. The van der Waals surface area contributed by atoms with Crippen molar-refractivity contribution in [1.82, 2.24) is 15.3 Å². The standard InChI is InChI=1S/C19H20N4O5/c1-4-5-9-14-15(18(25)22-28-3)17(24)16(19(26)27-2)21-23(14)13-8-6-7-12(10-13)11-20/h6-8,10H,4-5,9H2,1-3H3,(H,22,25). The van der Waals surface area contributed by atoms with Crippen molar-refractivity contribution in [2.45, 2.75) is 26.2 Å². The Balaban J connectivity index is 2.88. The highest BCUT2D eigenvalue weighted by atomic mass is 16.6. The molecule has 0 unspecified atom stereocenters. The van der Waals surface area contributed by atoms with Crippen molar-refractivity contribution in [1.29, 1.82) is 5.26 Å². The highest BCUT2D eigenvalue weighted by molar-refractivity contribution is 5.97. The minimum absolute atomic E-state index is 0.256. The lowest BCUT2D eigenvalue weighted by molar-refractivity contribution is 0.0533. The molecule has 28 heavy (non-hydrogen) atoms. The van der Waals surface area contributed by atoms with Gasteiger partial charge in [0.15, 0.2) is 0 Å². The van der Waals surface area contributed by atoms with E-state index in [-0.39, 0.29) is 5.56 Å². The van der Waals surface area contributed by atoms with Crippen LogP contribution in [0.2, 0.25) is 0 Å². The number of amides is 1. The van der Waals surface area contributed by atoms with Gasteiger partial charge in [0.05, 0.1) is 37.2 Å². The molecule has 0 bridgehead atoms. The number of carbonyl (C=O) groups excluding carboxylic acids is 2. The van der Waals surface area contributed by atoms with Gasteiger partial charge in [-0.3, -0.25) is 14.4 Å². The Morgan fingerprint density at radius 2 is 2.07 bits per heavy atom. The van der Waals surface area contributed by atoms with E-state index in [1.54, 1.807) is 24.3 Å². The maximum atomic E-state index is 12.8. The van der Waals surface area contributed by atoms with Crippen LogP contribution in [0.4, 0.5) is 0 Å². The molecule has 2 rings (SSSR count). The first-order valence-electron chi connectivity index (χ1n) is 8.56. The molecule has 146 valence electrons. The molecule has 0 aliphatic rings. The van der Waals surface area contributed by atoms with Crippen molar-refractivity contribution in [3.63, 3.8) is 0 Å². The number of aromatic nitrogens is 2. The average Bonchev–Trinajstić information content (AvgIpc) is 2.71. The zero-order chi connectivity index (χ0) is 20.7. The van der Waals surface area contributed by atoms with Crippen LogP contribution in [0.15, 0.2) is 29.1 Å². The number of esters is 1. The summed E-state index contributed by atoms with van der Waals surface area (Å²) in [5.74, 6) is -1.76. The Hall–Kier alpha value is -3.51. The average molecular weight is 384 g/mol. The van der Waals surface area contributed by atoms with Crippen LogP contribution in [0.3, 0.4) is 0 Å². The number of hydrogen-bond acceptors (Lipinski definition) is 7. The van der Waals surface area contributed by atoms with E-state index in [1.165, 1.54) is 11.8 Å². The molecule has 0 aliphatic heterocycles. The van der Waals surface area contributed by atoms with Crippen molar-refractivity contribution in [3.8, 4) is 11.8 Å². The van der Waals surface area contributed by atoms with Crippen LogP contribution in [0.1, 0.15) is 51.9 Å². The summed E-state index contributed by atoms with van der Waals surface area (Å²) in [7, 11) is 2.35. The molecular formula is C19H20N4O5. The molecule has 9 heteroatoms. The summed E-state index contributed by atoms with van der Waals surface area (Å²) in [5.41, 5.74) is 1.59. The van der Waals surface area contributed by atoms with Gasteiger partial charge in [0.1, 0.15) is 5.56 Å². The Bertz CT molecular complexity index is 991. The Labute approximate surface area is 161 Å². The highest BCUT2D eigenvalue weighted by Gasteiger charge is 2.27. The number of hydrogen-bond donors (Lipinski definition) is 1. The normalized spacial score (nSPS) is 10.2. The predicted octanol–water partition coefficient (Wildman–Crippen LogP) is 1.52. The number of nitriles is 1.